The molecular weight excluding hydrogens is 212 g/mol. The lowest BCUT2D eigenvalue weighted by Crippen LogP contribution is -2.53. The molecule has 0 aromatic heterocycles. The lowest BCUT2D eigenvalue weighted by molar-refractivity contribution is -0.141. The Morgan fingerprint density at radius 1 is 1.06 bits per heavy atom. The summed E-state index contributed by atoms with van der Waals surface area (Å²) in [6, 6.07) is -1.95. The summed E-state index contributed by atoms with van der Waals surface area (Å²) >= 11 is 0. The maximum atomic E-state index is 11.4. The van der Waals surface area contributed by atoms with Gasteiger partial charge in [0, 0.05) is 6.04 Å². The molecule has 0 rings (SSSR count). The highest BCUT2D eigenvalue weighted by molar-refractivity contribution is 5.83. The van der Waals surface area contributed by atoms with Crippen molar-refractivity contribution in [2.75, 3.05) is 0 Å². The highest BCUT2D eigenvalue weighted by atomic mass is 16.4. The Balaban J connectivity index is 4.26. The first-order valence-corrected chi connectivity index (χ1v) is 5.23. The smallest absolute Gasteiger partial charge is 0.328 e. The second kappa shape index (κ2) is 6.32. The van der Waals surface area contributed by atoms with E-state index in [1.165, 1.54) is 6.92 Å². The number of aliphatic hydroxyl groups is 1. The number of rotatable bonds is 5. The molecule has 0 fully saturated rings. The van der Waals surface area contributed by atoms with Crippen LogP contribution in [0.3, 0.4) is 0 Å². The van der Waals surface area contributed by atoms with Gasteiger partial charge in [-0.05, 0) is 19.8 Å². The molecule has 94 valence electrons. The minimum Gasteiger partial charge on any atom is -0.480 e. The zero-order valence-corrected chi connectivity index (χ0v) is 10.0. The number of carboxylic acids is 1. The van der Waals surface area contributed by atoms with Gasteiger partial charge in [0.1, 0.15) is 0 Å². The third-order valence-electron chi connectivity index (χ3n) is 2.39. The number of nitrogens with one attached hydrogen (secondary N) is 2. The van der Waals surface area contributed by atoms with Crippen LogP contribution in [0.2, 0.25) is 0 Å². The molecule has 0 heterocycles. The molecule has 0 radical (unpaired) electrons. The predicted octanol–water partition coefficient (Wildman–Crippen LogP) is 0.164. The summed E-state index contributed by atoms with van der Waals surface area (Å²) in [6.45, 7) is 7.01. The normalized spacial score (nSPS) is 16.4. The van der Waals surface area contributed by atoms with Crippen LogP contribution < -0.4 is 10.6 Å². The number of carbonyl (C=O) groups excluding carboxylic acids is 1. The first kappa shape index (κ1) is 14.7. The predicted molar refractivity (Wildman–Crippen MR) is 59.1 cm³/mol. The van der Waals surface area contributed by atoms with Crippen LogP contribution in [0.4, 0.5) is 4.79 Å². The second-order valence-corrected chi connectivity index (χ2v) is 4.21. The number of carbonyl (C=O) groups is 2. The topological polar surface area (TPSA) is 98.7 Å². The summed E-state index contributed by atoms with van der Waals surface area (Å²) < 4.78 is 0. The van der Waals surface area contributed by atoms with Crippen molar-refractivity contribution >= 4 is 12.0 Å². The lowest BCUT2D eigenvalue weighted by atomic mass is 10.1. The van der Waals surface area contributed by atoms with Gasteiger partial charge in [-0.2, -0.15) is 0 Å². The Bertz CT molecular complexity index is 253. The van der Waals surface area contributed by atoms with E-state index >= 15 is 0 Å². The van der Waals surface area contributed by atoms with Gasteiger partial charge in [0.2, 0.25) is 0 Å². The molecule has 0 aliphatic carbocycles. The van der Waals surface area contributed by atoms with Crippen LogP contribution in [0.5, 0.6) is 0 Å². The number of hydrogen-bond acceptors (Lipinski definition) is 3. The van der Waals surface area contributed by atoms with Gasteiger partial charge < -0.3 is 20.8 Å². The summed E-state index contributed by atoms with van der Waals surface area (Å²) in [7, 11) is 0. The molecule has 0 aliphatic rings. The van der Waals surface area contributed by atoms with Crippen molar-refractivity contribution in [1.29, 1.82) is 0 Å². The highest BCUT2D eigenvalue weighted by Crippen LogP contribution is 2.00. The van der Waals surface area contributed by atoms with E-state index < -0.39 is 24.1 Å². The fourth-order valence-corrected chi connectivity index (χ4v) is 0.945. The Labute approximate surface area is 95.0 Å². The van der Waals surface area contributed by atoms with Gasteiger partial charge in [0.15, 0.2) is 6.04 Å². The summed E-state index contributed by atoms with van der Waals surface area (Å²) in [6.07, 6.45) is -1.14. The summed E-state index contributed by atoms with van der Waals surface area (Å²) in [5, 5.41) is 22.7. The van der Waals surface area contributed by atoms with Gasteiger partial charge in [-0.25, -0.2) is 9.59 Å². The van der Waals surface area contributed by atoms with Crippen molar-refractivity contribution in [3.63, 3.8) is 0 Å². The Hall–Kier alpha value is -1.30. The molecule has 0 saturated carbocycles. The molecule has 6 nitrogen and oxygen atoms in total. The molecule has 3 unspecified atom stereocenters. The standard InChI is InChI=1S/C10H20N2O4/c1-5(2)6(3)11-10(16)12-8(7(4)13)9(14)15/h5-8,13H,1-4H3,(H,14,15)(H2,11,12,16). The first-order chi connectivity index (χ1) is 7.25. The quantitative estimate of drug-likeness (QED) is 0.543. The lowest BCUT2D eigenvalue weighted by Gasteiger charge is -2.21. The van der Waals surface area contributed by atoms with Gasteiger partial charge in [-0.3, -0.25) is 0 Å². The van der Waals surface area contributed by atoms with Crippen LogP contribution in [0.25, 0.3) is 0 Å². The zero-order valence-electron chi connectivity index (χ0n) is 10.0. The Morgan fingerprint density at radius 2 is 1.56 bits per heavy atom. The minimum atomic E-state index is -1.29. The molecule has 0 saturated heterocycles. The SMILES string of the molecule is CC(C)C(C)NC(=O)NC(C(=O)O)C(C)O. The molecular formula is C10H20N2O4. The highest BCUT2D eigenvalue weighted by Gasteiger charge is 2.25. The summed E-state index contributed by atoms with van der Waals surface area (Å²) in [5.41, 5.74) is 0. The summed E-state index contributed by atoms with van der Waals surface area (Å²) in [4.78, 5) is 22.1. The van der Waals surface area contributed by atoms with E-state index in [1.807, 2.05) is 20.8 Å². The van der Waals surface area contributed by atoms with Crippen LogP contribution in [0.15, 0.2) is 0 Å². The van der Waals surface area contributed by atoms with Crippen molar-refractivity contribution < 1.29 is 19.8 Å². The molecule has 0 aliphatic heterocycles. The van der Waals surface area contributed by atoms with Crippen molar-refractivity contribution in [2.45, 2.75) is 45.9 Å². The monoisotopic (exact) mass is 232 g/mol. The van der Waals surface area contributed by atoms with Gasteiger partial charge in [-0.15, -0.1) is 0 Å². The molecule has 0 aromatic rings. The van der Waals surface area contributed by atoms with Gasteiger partial charge in [0.25, 0.3) is 0 Å². The van der Waals surface area contributed by atoms with Gasteiger partial charge in [-0.1, -0.05) is 13.8 Å². The van der Waals surface area contributed by atoms with Crippen LogP contribution >= 0.6 is 0 Å². The van der Waals surface area contributed by atoms with E-state index in [0.29, 0.717) is 0 Å². The van der Waals surface area contributed by atoms with E-state index in [1.54, 1.807) is 0 Å². The average molecular weight is 232 g/mol. The minimum absolute atomic E-state index is 0.0663. The van der Waals surface area contributed by atoms with Crippen molar-refractivity contribution in [2.24, 2.45) is 5.92 Å². The number of hydrogen-bond donors (Lipinski definition) is 4. The fraction of sp³-hybridized carbons (Fsp3) is 0.800. The van der Waals surface area contributed by atoms with Crippen molar-refractivity contribution in [3.8, 4) is 0 Å². The average Bonchev–Trinajstić information content (AvgIpc) is 2.12. The van der Waals surface area contributed by atoms with E-state index in [9.17, 15) is 9.59 Å². The molecule has 0 spiro atoms. The van der Waals surface area contributed by atoms with E-state index in [2.05, 4.69) is 10.6 Å². The fourth-order valence-electron chi connectivity index (χ4n) is 0.945. The summed E-state index contributed by atoms with van der Waals surface area (Å²) in [5.74, 6) is -1.01. The zero-order chi connectivity index (χ0) is 12.9. The Kier molecular flexibility index (Phi) is 5.81. The maximum Gasteiger partial charge on any atom is 0.328 e. The van der Waals surface area contributed by atoms with E-state index in [0.717, 1.165) is 0 Å². The first-order valence-electron chi connectivity index (χ1n) is 5.23. The van der Waals surface area contributed by atoms with Crippen molar-refractivity contribution in [3.05, 3.63) is 0 Å². The van der Waals surface area contributed by atoms with E-state index in [-0.39, 0.29) is 12.0 Å². The van der Waals surface area contributed by atoms with Crippen LogP contribution in [-0.4, -0.2) is 40.4 Å². The third kappa shape index (κ3) is 4.97. The number of amides is 2. The van der Waals surface area contributed by atoms with Crippen molar-refractivity contribution in [1.82, 2.24) is 10.6 Å². The van der Waals surface area contributed by atoms with Gasteiger partial charge >= 0.3 is 12.0 Å². The number of carboxylic acid groups (broad SMARTS) is 1. The molecule has 0 bridgehead atoms. The molecule has 2 amide bonds. The second-order valence-electron chi connectivity index (χ2n) is 4.21. The third-order valence-corrected chi connectivity index (χ3v) is 2.39. The van der Waals surface area contributed by atoms with Crippen LogP contribution in [0, 0.1) is 5.92 Å². The Morgan fingerprint density at radius 3 is 1.88 bits per heavy atom. The largest absolute Gasteiger partial charge is 0.480 e. The molecule has 16 heavy (non-hydrogen) atoms. The number of aliphatic hydroxyl groups excluding tert-OH is 1. The van der Waals surface area contributed by atoms with Gasteiger partial charge in [0.05, 0.1) is 6.10 Å². The number of aliphatic carboxylic acids is 1. The van der Waals surface area contributed by atoms with E-state index in [4.69, 9.17) is 10.2 Å². The molecule has 4 N–H and O–H groups in total. The molecule has 3 atom stereocenters. The number of urea groups is 1. The van der Waals surface area contributed by atoms with Crippen LogP contribution in [0.1, 0.15) is 27.7 Å². The maximum absolute atomic E-state index is 11.4. The van der Waals surface area contributed by atoms with Crippen LogP contribution in [-0.2, 0) is 4.79 Å². The molecule has 0 aromatic carbocycles. The molecule has 6 heteroatoms.